The standard InChI is InChI=1S/C14H24ClF2N/c15-8-3-9-18(13-5-1-6-13)11-12-4-2-7-14(16,17)10-12/h12-13H,1-11H2. The average molecular weight is 280 g/mol. The molecule has 106 valence electrons. The van der Waals surface area contributed by atoms with Gasteiger partial charge in [-0.3, -0.25) is 0 Å². The summed E-state index contributed by atoms with van der Waals surface area (Å²) in [6.45, 7) is 1.84. The summed E-state index contributed by atoms with van der Waals surface area (Å²) in [6.07, 6.45) is 6.60. The van der Waals surface area contributed by atoms with Gasteiger partial charge in [0, 0.05) is 31.3 Å². The van der Waals surface area contributed by atoms with Gasteiger partial charge in [0.05, 0.1) is 0 Å². The topological polar surface area (TPSA) is 3.24 Å². The number of alkyl halides is 3. The summed E-state index contributed by atoms with van der Waals surface area (Å²) < 4.78 is 26.8. The van der Waals surface area contributed by atoms with E-state index < -0.39 is 5.92 Å². The van der Waals surface area contributed by atoms with Gasteiger partial charge in [-0.25, -0.2) is 8.78 Å². The van der Waals surface area contributed by atoms with E-state index in [0.717, 1.165) is 25.9 Å². The largest absolute Gasteiger partial charge is 0.300 e. The minimum Gasteiger partial charge on any atom is -0.300 e. The summed E-state index contributed by atoms with van der Waals surface area (Å²) in [5, 5.41) is 0. The predicted molar refractivity (Wildman–Crippen MR) is 71.5 cm³/mol. The monoisotopic (exact) mass is 279 g/mol. The van der Waals surface area contributed by atoms with Crippen molar-refractivity contribution < 1.29 is 8.78 Å². The van der Waals surface area contributed by atoms with E-state index in [-0.39, 0.29) is 18.8 Å². The molecule has 0 aromatic rings. The lowest BCUT2D eigenvalue weighted by molar-refractivity contribution is -0.0602. The van der Waals surface area contributed by atoms with E-state index in [1.165, 1.54) is 19.3 Å². The second-order valence-electron chi connectivity index (χ2n) is 5.94. The molecule has 0 N–H and O–H groups in total. The summed E-state index contributed by atoms with van der Waals surface area (Å²) in [6, 6.07) is 0.642. The zero-order valence-corrected chi connectivity index (χ0v) is 11.8. The van der Waals surface area contributed by atoms with Gasteiger partial charge in [-0.15, -0.1) is 11.6 Å². The van der Waals surface area contributed by atoms with Crippen molar-refractivity contribution in [2.24, 2.45) is 5.92 Å². The molecule has 0 radical (unpaired) electrons. The van der Waals surface area contributed by atoms with Crippen LogP contribution in [0.15, 0.2) is 0 Å². The van der Waals surface area contributed by atoms with Gasteiger partial charge < -0.3 is 4.90 Å². The van der Waals surface area contributed by atoms with Crippen molar-refractivity contribution in [1.82, 2.24) is 4.90 Å². The minimum atomic E-state index is -2.42. The SMILES string of the molecule is FC1(F)CCCC(CN(CCCCl)C2CCC2)C1. The first-order valence-corrected chi connectivity index (χ1v) is 7.82. The third kappa shape index (κ3) is 4.06. The maximum absolute atomic E-state index is 13.4. The van der Waals surface area contributed by atoms with E-state index in [9.17, 15) is 8.78 Å². The van der Waals surface area contributed by atoms with Crippen LogP contribution in [0.25, 0.3) is 0 Å². The Bertz CT molecular complexity index is 256. The first-order chi connectivity index (χ1) is 8.61. The van der Waals surface area contributed by atoms with Crippen LogP contribution in [-0.2, 0) is 0 Å². The molecule has 0 heterocycles. The fourth-order valence-electron chi connectivity index (χ4n) is 3.20. The van der Waals surface area contributed by atoms with Gasteiger partial charge >= 0.3 is 0 Å². The van der Waals surface area contributed by atoms with Crippen molar-refractivity contribution in [2.45, 2.75) is 63.3 Å². The Hall–Kier alpha value is 0.110. The molecule has 4 heteroatoms. The van der Waals surface area contributed by atoms with Gasteiger partial charge in [0.25, 0.3) is 0 Å². The Morgan fingerprint density at radius 1 is 1.17 bits per heavy atom. The second-order valence-corrected chi connectivity index (χ2v) is 6.32. The molecule has 0 saturated heterocycles. The third-order valence-electron chi connectivity index (χ3n) is 4.40. The number of rotatable bonds is 6. The van der Waals surface area contributed by atoms with Gasteiger partial charge in [0.2, 0.25) is 5.92 Å². The molecule has 0 aliphatic heterocycles. The van der Waals surface area contributed by atoms with E-state index in [2.05, 4.69) is 4.90 Å². The summed E-state index contributed by atoms with van der Waals surface area (Å²) in [5.41, 5.74) is 0. The molecule has 0 amide bonds. The van der Waals surface area contributed by atoms with Gasteiger partial charge in [0.15, 0.2) is 0 Å². The Morgan fingerprint density at radius 3 is 2.50 bits per heavy atom. The highest BCUT2D eigenvalue weighted by molar-refractivity contribution is 6.17. The van der Waals surface area contributed by atoms with Crippen molar-refractivity contribution >= 4 is 11.6 Å². The summed E-state index contributed by atoms with van der Waals surface area (Å²) in [4.78, 5) is 2.43. The summed E-state index contributed by atoms with van der Waals surface area (Å²) >= 11 is 5.75. The van der Waals surface area contributed by atoms with Gasteiger partial charge in [-0.05, 0) is 44.6 Å². The molecule has 1 unspecified atom stereocenters. The average Bonchev–Trinajstić information content (AvgIpc) is 2.22. The molecule has 2 fully saturated rings. The lowest BCUT2D eigenvalue weighted by Crippen LogP contribution is -2.45. The van der Waals surface area contributed by atoms with Crippen LogP contribution < -0.4 is 0 Å². The van der Waals surface area contributed by atoms with Gasteiger partial charge in [0.1, 0.15) is 0 Å². The Kier molecular flexibility index (Phi) is 5.25. The second kappa shape index (κ2) is 6.51. The number of halogens is 3. The van der Waals surface area contributed by atoms with Crippen LogP contribution in [0.2, 0.25) is 0 Å². The zero-order valence-electron chi connectivity index (χ0n) is 11.0. The lowest BCUT2D eigenvalue weighted by Gasteiger charge is -2.41. The van der Waals surface area contributed by atoms with Crippen LogP contribution >= 0.6 is 11.6 Å². The van der Waals surface area contributed by atoms with Gasteiger partial charge in [-0.1, -0.05) is 6.42 Å². The van der Waals surface area contributed by atoms with Crippen molar-refractivity contribution in [3.05, 3.63) is 0 Å². The van der Waals surface area contributed by atoms with E-state index >= 15 is 0 Å². The smallest absolute Gasteiger partial charge is 0.248 e. The first-order valence-electron chi connectivity index (χ1n) is 7.28. The zero-order chi connectivity index (χ0) is 13.0. The molecular weight excluding hydrogens is 256 g/mol. The molecule has 1 nitrogen and oxygen atoms in total. The highest BCUT2D eigenvalue weighted by Crippen LogP contribution is 2.38. The molecule has 0 aromatic heterocycles. The summed E-state index contributed by atoms with van der Waals surface area (Å²) in [7, 11) is 0. The first kappa shape index (κ1) is 14.5. The Morgan fingerprint density at radius 2 is 1.94 bits per heavy atom. The maximum Gasteiger partial charge on any atom is 0.248 e. The molecule has 2 aliphatic rings. The van der Waals surface area contributed by atoms with Crippen molar-refractivity contribution in [3.63, 3.8) is 0 Å². The molecule has 18 heavy (non-hydrogen) atoms. The molecule has 0 spiro atoms. The van der Waals surface area contributed by atoms with E-state index in [1.807, 2.05) is 0 Å². The minimum absolute atomic E-state index is 0.0919. The van der Waals surface area contributed by atoms with Crippen molar-refractivity contribution in [2.75, 3.05) is 19.0 Å². The normalized spacial score (nSPS) is 28.3. The number of hydrogen-bond donors (Lipinski definition) is 0. The molecule has 2 saturated carbocycles. The van der Waals surface area contributed by atoms with Crippen LogP contribution in [-0.4, -0.2) is 35.8 Å². The quantitative estimate of drug-likeness (QED) is 0.656. The van der Waals surface area contributed by atoms with Crippen molar-refractivity contribution in [3.8, 4) is 0 Å². The Labute approximate surface area is 114 Å². The van der Waals surface area contributed by atoms with Gasteiger partial charge in [-0.2, -0.15) is 0 Å². The molecule has 2 aliphatic carbocycles. The fourth-order valence-corrected chi connectivity index (χ4v) is 3.32. The van der Waals surface area contributed by atoms with Crippen LogP contribution in [0.1, 0.15) is 51.4 Å². The fraction of sp³-hybridized carbons (Fsp3) is 1.00. The highest BCUT2D eigenvalue weighted by atomic mass is 35.5. The van der Waals surface area contributed by atoms with Crippen molar-refractivity contribution in [1.29, 1.82) is 0 Å². The molecule has 0 aromatic carbocycles. The number of hydrogen-bond acceptors (Lipinski definition) is 1. The third-order valence-corrected chi connectivity index (χ3v) is 4.67. The lowest BCUT2D eigenvalue weighted by atomic mass is 9.84. The highest BCUT2D eigenvalue weighted by Gasteiger charge is 2.37. The molecule has 1 atom stereocenters. The van der Waals surface area contributed by atoms with Crippen LogP contribution in [0.5, 0.6) is 0 Å². The molecule has 0 bridgehead atoms. The summed E-state index contributed by atoms with van der Waals surface area (Å²) in [5.74, 6) is -1.56. The Balaban J connectivity index is 1.83. The van der Waals surface area contributed by atoms with Crippen LogP contribution in [0.3, 0.4) is 0 Å². The van der Waals surface area contributed by atoms with E-state index in [0.29, 0.717) is 18.3 Å². The van der Waals surface area contributed by atoms with E-state index in [4.69, 9.17) is 11.6 Å². The predicted octanol–water partition coefficient (Wildman–Crippen LogP) is 4.30. The van der Waals surface area contributed by atoms with Crippen LogP contribution in [0.4, 0.5) is 8.78 Å². The number of nitrogens with zero attached hydrogens (tertiary/aromatic N) is 1. The maximum atomic E-state index is 13.4. The van der Waals surface area contributed by atoms with E-state index in [1.54, 1.807) is 0 Å². The van der Waals surface area contributed by atoms with Crippen LogP contribution in [0, 0.1) is 5.92 Å². The molecule has 2 rings (SSSR count). The molecular formula is C14H24ClF2N.